The van der Waals surface area contributed by atoms with Crippen molar-refractivity contribution in [2.45, 2.75) is 44.0 Å². The van der Waals surface area contributed by atoms with E-state index in [4.69, 9.17) is 17.3 Å². The Morgan fingerprint density at radius 1 is 1.17 bits per heavy atom. The smallest absolute Gasteiger partial charge is 0.255 e. The number of rotatable bonds is 4. The van der Waals surface area contributed by atoms with Crippen molar-refractivity contribution in [2.75, 3.05) is 20.6 Å². The molecular formula is C31H32ClN3O7. The minimum atomic E-state index is -2.67. The van der Waals surface area contributed by atoms with Gasteiger partial charge in [0.05, 0.1) is 11.6 Å². The average molecular weight is 594 g/mol. The Hall–Kier alpha value is -3.70. The number of primary amides is 1. The number of aromatic hydroxyl groups is 1. The van der Waals surface area contributed by atoms with E-state index in [0.717, 1.165) is 19.5 Å². The lowest BCUT2D eigenvalue weighted by Gasteiger charge is -2.50. The number of carbonyl (C=O) groups excluding carboxylic acids is 3. The summed E-state index contributed by atoms with van der Waals surface area (Å²) in [6, 6.07) is 8.64. The fraction of sp³-hybridized carbons (Fsp3) is 0.387. The zero-order valence-electron chi connectivity index (χ0n) is 23.2. The van der Waals surface area contributed by atoms with E-state index in [1.165, 1.54) is 22.1 Å². The molecule has 1 amide bonds. The number of phenolic OH excluding ortho intramolecular Hbond substituents is 1. The highest BCUT2D eigenvalue weighted by molar-refractivity contribution is 6.33. The number of hydrogen-bond acceptors (Lipinski definition) is 9. The van der Waals surface area contributed by atoms with E-state index >= 15 is 0 Å². The molecule has 1 heterocycles. The van der Waals surface area contributed by atoms with E-state index in [1.54, 1.807) is 14.1 Å². The van der Waals surface area contributed by atoms with Gasteiger partial charge in [0.25, 0.3) is 5.91 Å². The summed E-state index contributed by atoms with van der Waals surface area (Å²) < 4.78 is 0. The number of ketones is 2. The molecule has 2 aromatic carbocycles. The number of carbonyl (C=O) groups is 3. The van der Waals surface area contributed by atoms with Gasteiger partial charge >= 0.3 is 0 Å². The molecular weight excluding hydrogens is 562 g/mol. The second kappa shape index (κ2) is 9.95. The van der Waals surface area contributed by atoms with Crippen molar-refractivity contribution >= 4 is 29.1 Å². The lowest BCUT2D eigenvalue weighted by atomic mass is 9.58. The number of amides is 1. The van der Waals surface area contributed by atoms with E-state index in [2.05, 4.69) is 17.0 Å². The van der Waals surface area contributed by atoms with E-state index in [0.29, 0.717) is 22.7 Å². The van der Waals surface area contributed by atoms with Crippen LogP contribution in [0.2, 0.25) is 5.02 Å². The Morgan fingerprint density at radius 2 is 1.86 bits per heavy atom. The molecule has 0 aromatic heterocycles. The molecule has 0 bridgehead atoms. The van der Waals surface area contributed by atoms with Crippen LogP contribution in [0.25, 0.3) is 0 Å². The van der Waals surface area contributed by atoms with Gasteiger partial charge in [-0.05, 0) is 67.6 Å². The van der Waals surface area contributed by atoms with Crippen LogP contribution < -0.4 is 5.73 Å². The van der Waals surface area contributed by atoms with Crippen molar-refractivity contribution in [2.24, 2.45) is 17.6 Å². The number of fused-ring (bicyclic) bond motifs is 4. The highest BCUT2D eigenvalue weighted by Gasteiger charge is 2.63. The van der Waals surface area contributed by atoms with Gasteiger partial charge in [-0.15, -0.1) is 0 Å². The van der Waals surface area contributed by atoms with Gasteiger partial charge in [-0.3, -0.25) is 24.2 Å². The summed E-state index contributed by atoms with van der Waals surface area (Å²) in [6.07, 6.45) is 1.04. The molecule has 6 rings (SSSR count). The van der Waals surface area contributed by atoms with Crippen LogP contribution in [-0.2, 0) is 35.5 Å². The van der Waals surface area contributed by atoms with E-state index < -0.39 is 58.0 Å². The number of nitrogens with zero attached hydrogens (tertiary/aromatic N) is 2. The standard InChI is InChI=1S/C31H32ClN3O7/c1-34(2)25-19-10-16-9-18-22(26(37)21(16)28(39)31(19,42)29(40)23(27(25)38)30(33)41)20(36)11-17(24(18)32)13-35-8-7-14-5-3-4-6-15(14)12-35/h3-6,11,16,19,25,36,38-39,42H,7-10,12-13H2,1-2H3,(H2,33,41)/t16-,19-,25-,31-/m0/s1. The van der Waals surface area contributed by atoms with Crippen LogP contribution in [0.4, 0.5) is 0 Å². The summed E-state index contributed by atoms with van der Waals surface area (Å²) in [5.74, 6) is -6.85. The number of nitrogens with two attached hydrogens (primary N) is 1. The monoisotopic (exact) mass is 593 g/mol. The number of halogens is 1. The highest BCUT2D eigenvalue weighted by atomic mass is 35.5. The van der Waals surface area contributed by atoms with E-state index in [-0.39, 0.29) is 29.7 Å². The van der Waals surface area contributed by atoms with Crippen LogP contribution in [0.5, 0.6) is 5.75 Å². The Kier molecular flexibility index (Phi) is 6.73. The molecule has 0 saturated heterocycles. The summed E-state index contributed by atoms with van der Waals surface area (Å²) in [4.78, 5) is 43.1. The number of benzene rings is 2. The molecule has 1 aliphatic heterocycles. The van der Waals surface area contributed by atoms with E-state index in [9.17, 15) is 34.8 Å². The third kappa shape index (κ3) is 4.00. The normalized spacial score (nSPS) is 27.5. The van der Waals surface area contributed by atoms with Gasteiger partial charge in [0, 0.05) is 36.1 Å². The SMILES string of the molecule is CN(C)[C@@H]1C(O)=C(C(N)=O)C(=O)[C@@]2(O)C(O)=C3C(=O)c4c(O)cc(CN5CCc6ccccc6C5)c(Cl)c4C[C@H]3C[C@@H]12. The van der Waals surface area contributed by atoms with Crippen LogP contribution >= 0.6 is 11.6 Å². The second-order valence-electron chi connectivity index (χ2n) is 11.9. The van der Waals surface area contributed by atoms with E-state index in [1.807, 2.05) is 12.1 Å². The Morgan fingerprint density at radius 3 is 2.52 bits per heavy atom. The average Bonchev–Trinajstić information content (AvgIpc) is 2.93. The Labute approximate surface area is 247 Å². The third-order valence-corrected chi connectivity index (χ3v) is 9.81. The molecule has 10 nitrogen and oxygen atoms in total. The molecule has 3 aliphatic carbocycles. The largest absolute Gasteiger partial charge is 0.510 e. The first-order valence-corrected chi connectivity index (χ1v) is 14.2. The molecule has 6 N–H and O–H groups in total. The Balaban J connectivity index is 1.40. The summed E-state index contributed by atoms with van der Waals surface area (Å²) in [6.45, 7) is 1.98. The maximum atomic E-state index is 13.9. The molecule has 0 spiro atoms. The molecule has 4 atom stereocenters. The van der Waals surface area contributed by atoms with Crippen molar-refractivity contribution < 1.29 is 34.8 Å². The molecule has 0 fully saturated rings. The zero-order chi connectivity index (χ0) is 30.2. The molecule has 0 unspecified atom stereocenters. The third-order valence-electron chi connectivity index (χ3n) is 9.33. The number of aliphatic hydroxyl groups is 3. The van der Waals surface area contributed by atoms with Crippen LogP contribution in [0.1, 0.15) is 39.0 Å². The Bertz CT molecular complexity index is 1630. The number of allylic oxidation sites excluding steroid dienone is 1. The van der Waals surface area contributed by atoms with Crippen molar-refractivity contribution in [1.82, 2.24) is 9.80 Å². The van der Waals surface area contributed by atoms with Gasteiger partial charge in [-0.1, -0.05) is 35.9 Å². The first-order chi connectivity index (χ1) is 19.9. The first kappa shape index (κ1) is 28.4. The quantitative estimate of drug-likeness (QED) is 0.335. The number of aliphatic hydroxyl groups excluding tert-OH is 2. The molecule has 0 saturated carbocycles. The maximum absolute atomic E-state index is 13.9. The fourth-order valence-corrected chi connectivity index (χ4v) is 7.68. The summed E-state index contributed by atoms with van der Waals surface area (Å²) >= 11 is 6.92. The van der Waals surface area contributed by atoms with Crippen LogP contribution in [0, 0.1) is 11.8 Å². The van der Waals surface area contributed by atoms with Crippen molar-refractivity contribution in [1.29, 1.82) is 0 Å². The summed E-state index contributed by atoms with van der Waals surface area (Å²) in [7, 11) is 3.18. The topological polar surface area (TPSA) is 165 Å². The molecule has 220 valence electrons. The minimum absolute atomic E-state index is 0.00991. The zero-order valence-corrected chi connectivity index (χ0v) is 24.0. The number of hydrogen-bond donors (Lipinski definition) is 5. The van der Waals surface area contributed by atoms with Gasteiger partial charge in [0.15, 0.2) is 11.4 Å². The van der Waals surface area contributed by atoms with Crippen molar-refractivity contribution in [3.63, 3.8) is 0 Å². The minimum Gasteiger partial charge on any atom is -0.510 e. The highest BCUT2D eigenvalue weighted by Crippen LogP contribution is 2.53. The van der Waals surface area contributed by atoms with Gasteiger partial charge in [0.2, 0.25) is 5.78 Å². The number of Topliss-reactive ketones (excluding diaryl/α,β-unsaturated/α-hetero) is 2. The van der Waals surface area contributed by atoms with Gasteiger partial charge in [-0.25, -0.2) is 0 Å². The number of phenols is 1. The fourth-order valence-electron chi connectivity index (χ4n) is 7.40. The maximum Gasteiger partial charge on any atom is 0.255 e. The lowest BCUT2D eigenvalue weighted by molar-refractivity contribution is -0.148. The predicted octanol–water partition coefficient (Wildman–Crippen LogP) is 2.33. The van der Waals surface area contributed by atoms with Crippen molar-refractivity contribution in [3.05, 3.63) is 85.8 Å². The molecule has 0 radical (unpaired) electrons. The van der Waals surface area contributed by atoms with Gasteiger partial charge in [0.1, 0.15) is 22.8 Å². The molecule has 11 heteroatoms. The predicted molar refractivity (Wildman–Crippen MR) is 153 cm³/mol. The summed E-state index contributed by atoms with van der Waals surface area (Å²) in [5, 5.41) is 45.5. The van der Waals surface area contributed by atoms with Gasteiger partial charge < -0.3 is 26.2 Å². The molecule has 42 heavy (non-hydrogen) atoms. The van der Waals surface area contributed by atoms with Crippen LogP contribution in [-0.4, -0.2) is 80.0 Å². The molecule has 2 aromatic rings. The van der Waals surface area contributed by atoms with Crippen molar-refractivity contribution in [3.8, 4) is 5.75 Å². The second-order valence-corrected chi connectivity index (χ2v) is 12.3. The summed E-state index contributed by atoms with van der Waals surface area (Å²) in [5.41, 5.74) is 5.20. The lowest BCUT2D eigenvalue weighted by Crippen LogP contribution is -2.63. The van der Waals surface area contributed by atoms with Crippen LogP contribution in [0.3, 0.4) is 0 Å². The first-order valence-electron chi connectivity index (χ1n) is 13.8. The molecule has 4 aliphatic rings. The van der Waals surface area contributed by atoms with Crippen LogP contribution in [0.15, 0.2) is 53.0 Å². The van der Waals surface area contributed by atoms with Gasteiger partial charge in [-0.2, -0.15) is 0 Å². The number of likely N-dealkylation sites (N-methyl/N-ethyl adjacent to an activating group) is 1.